The van der Waals surface area contributed by atoms with Gasteiger partial charge in [0, 0.05) is 37.7 Å². The number of nitrogens with zero attached hydrogens (tertiary/aromatic N) is 4. The van der Waals surface area contributed by atoms with Crippen LogP contribution in [0, 0.1) is 6.92 Å². The fraction of sp³-hybridized carbons (Fsp3) is 0.526. The van der Waals surface area contributed by atoms with Crippen LogP contribution in [0.25, 0.3) is 0 Å². The molecule has 1 unspecified atom stereocenters. The molecule has 0 radical (unpaired) electrons. The van der Waals surface area contributed by atoms with Crippen LogP contribution in [-0.4, -0.2) is 38.2 Å². The maximum Gasteiger partial charge on any atom is 0.345 e. The van der Waals surface area contributed by atoms with Gasteiger partial charge in [0.15, 0.2) is 0 Å². The second-order valence-electron chi connectivity index (χ2n) is 7.13. The smallest absolute Gasteiger partial charge is 0.338 e. The average molecular weight is 342 g/mol. The number of benzene rings is 1. The number of carbonyl (C=O) groups is 1. The fourth-order valence-corrected chi connectivity index (χ4v) is 3.62. The van der Waals surface area contributed by atoms with Gasteiger partial charge in [-0.25, -0.2) is 9.48 Å². The van der Waals surface area contributed by atoms with Crippen molar-refractivity contribution in [2.75, 3.05) is 13.1 Å². The third-order valence-electron chi connectivity index (χ3n) is 4.95. The zero-order chi connectivity index (χ0) is 18.1. The molecule has 0 spiro atoms. The average Bonchev–Trinajstić information content (AvgIpc) is 2.90. The highest BCUT2D eigenvalue weighted by Crippen LogP contribution is 2.27. The Morgan fingerprint density at radius 1 is 1.28 bits per heavy atom. The molecule has 1 aliphatic heterocycles. The van der Waals surface area contributed by atoms with E-state index in [1.165, 1.54) is 4.68 Å². The SMILES string of the molecule is Cc1ccccc1C(=O)N1CCCC(c2nn(C)c(=O)n2C(C)C)C1. The van der Waals surface area contributed by atoms with Crippen molar-refractivity contribution in [3.63, 3.8) is 0 Å². The van der Waals surface area contributed by atoms with Crippen molar-refractivity contribution in [2.24, 2.45) is 7.05 Å². The lowest BCUT2D eigenvalue weighted by Gasteiger charge is -2.33. The van der Waals surface area contributed by atoms with E-state index in [-0.39, 0.29) is 23.6 Å². The zero-order valence-electron chi connectivity index (χ0n) is 15.4. The first-order chi connectivity index (χ1) is 11.9. The largest absolute Gasteiger partial charge is 0.345 e. The number of aryl methyl sites for hydroxylation is 2. The number of hydrogen-bond donors (Lipinski definition) is 0. The van der Waals surface area contributed by atoms with Gasteiger partial charge in [-0.2, -0.15) is 5.10 Å². The second-order valence-corrected chi connectivity index (χ2v) is 7.13. The molecule has 134 valence electrons. The van der Waals surface area contributed by atoms with Crippen molar-refractivity contribution < 1.29 is 4.79 Å². The molecule has 6 nitrogen and oxygen atoms in total. The molecular formula is C19H26N4O2. The summed E-state index contributed by atoms with van der Waals surface area (Å²) in [6.45, 7) is 7.31. The van der Waals surface area contributed by atoms with E-state index in [0.29, 0.717) is 6.54 Å². The number of rotatable bonds is 3. The Balaban J connectivity index is 1.87. The predicted molar refractivity (Wildman–Crippen MR) is 96.9 cm³/mol. The Hall–Kier alpha value is -2.37. The van der Waals surface area contributed by atoms with Gasteiger partial charge in [0.25, 0.3) is 5.91 Å². The Morgan fingerprint density at radius 2 is 2.00 bits per heavy atom. The van der Waals surface area contributed by atoms with E-state index >= 15 is 0 Å². The monoisotopic (exact) mass is 342 g/mol. The minimum atomic E-state index is -0.0904. The summed E-state index contributed by atoms with van der Waals surface area (Å²) < 4.78 is 3.16. The first-order valence-corrected chi connectivity index (χ1v) is 8.90. The summed E-state index contributed by atoms with van der Waals surface area (Å²) in [7, 11) is 1.68. The van der Waals surface area contributed by atoms with Gasteiger partial charge in [0.2, 0.25) is 0 Å². The molecule has 1 atom stereocenters. The van der Waals surface area contributed by atoms with Crippen LogP contribution in [0.5, 0.6) is 0 Å². The van der Waals surface area contributed by atoms with E-state index in [2.05, 4.69) is 5.10 Å². The van der Waals surface area contributed by atoms with Crippen molar-refractivity contribution in [1.29, 1.82) is 0 Å². The Labute approximate surface area is 148 Å². The molecule has 6 heteroatoms. The first kappa shape index (κ1) is 17.5. The van der Waals surface area contributed by atoms with Crippen LogP contribution >= 0.6 is 0 Å². The van der Waals surface area contributed by atoms with Gasteiger partial charge in [-0.05, 0) is 45.2 Å². The van der Waals surface area contributed by atoms with Crippen molar-refractivity contribution in [3.8, 4) is 0 Å². The van der Waals surface area contributed by atoms with Crippen molar-refractivity contribution >= 4 is 5.91 Å². The van der Waals surface area contributed by atoms with E-state index in [4.69, 9.17) is 0 Å². The third-order valence-corrected chi connectivity index (χ3v) is 4.95. The highest BCUT2D eigenvalue weighted by molar-refractivity contribution is 5.95. The molecule has 2 aromatic rings. The number of aromatic nitrogens is 3. The van der Waals surface area contributed by atoms with Gasteiger partial charge >= 0.3 is 5.69 Å². The highest BCUT2D eigenvalue weighted by atomic mass is 16.2. The van der Waals surface area contributed by atoms with Crippen molar-refractivity contribution in [3.05, 3.63) is 51.7 Å². The summed E-state index contributed by atoms with van der Waals surface area (Å²) in [5.74, 6) is 0.958. The quantitative estimate of drug-likeness (QED) is 0.861. The van der Waals surface area contributed by atoms with Crippen molar-refractivity contribution in [2.45, 2.75) is 45.6 Å². The van der Waals surface area contributed by atoms with Crippen LogP contribution in [-0.2, 0) is 7.05 Å². The summed E-state index contributed by atoms with van der Waals surface area (Å²) in [5, 5.41) is 4.47. The molecular weight excluding hydrogens is 316 g/mol. The third kappa shape index (κ3) is 3.25. The molecule has 0 N–H and O–H groups in total. The molecule has 1 aliphatic rings. The maximum atomic E-state index is 12.9. The second kappa shape index (κ2) is 6.86. The lowest BCUT2D eigenvalue weighted by atomic mass is 9.95. The van der Waals surface area contributed by atoms with Crippen LogP contribution in [0.15, 0.2) is 29.1 Å². The zero-order valence-corrected chi connectivity index (χ0v) is 15.4. The van der Waals surface area contributed by atoms with Crippen molar-refractivity contribution in [1.82, 2.24) is 19.2 Å². The van der Waals surface area contributed by atoms with Crippen LogP contribution in [0.2, 0.25) is 0 Å². The van der Waals surface area contributed by atoms with Gasteiger partial charge in [-0.1, -0.05) is 18.2 Å². The number of likely N-dealkylation sites (tertiary alicyclic amines) is 1. The predicted octanol–water partition coefficient (Wildman–Crippen LogP) is 2.49. The van der Waals surface area contributed by atoms with E-state index in [1.54, 1.807) is 11.6 Å². The summed E-state index contributed by atoms with van der Waals surface area (Å²) in [4.78, 5) is 27.2. The Bertz CT molecular complexity index is 834. The van der Waals surface area contributed by atoms with Crippen LogP contribution in [0.3, 0.4) is 0 Å². The number of carbonyl (C=O) groups excluding carboxylic acids is 1. The minimum Gasteiger partial charge on any atom is -0.338 e. The van der Waals surface area contributed by atoms with Crippen LogP contribution < -0.4 is 5.69 Å². The molecule has 1 fully saturated rings. The van der Waals surface area contributed by atoms with E-state index < -0.39 is 0 Å². The summed E-state index contributed by atoms with van der Waals surface area (Å²) in [6, 6.07) is 7.74. The van der Waals surface area contributed by atoms with E-state index in [9.17, 15) is 9.59 Å². The summed E-state index contributed by atoms with van der Waals surface area (Å²) >= 11 is 0. The standard InChI is InChI=1S/C19H26N4O2/c1-13(2)23-17(20-21(4)19(23)25)15-9-7-11-22(12-15)18(24)16-10-6-5-8-14(16)3/h5-6,8,10,13,15H,7,9,11-12H2,1-4H3. The lowest BCUT2D eigenvalue weighted by molar-refractivity contribution is 0.0702. The molecule has 0 aliphatic carbocycles. The molecule has 1 aromatic carbocycles. The lowest BCUT2D eigenvalue weighted by Crippen LogP contribution is -2.40. The molecule has 0 saturated carbocycles. The van der Waals surface area contributed by atoms with Gasteiger partial charge in [0.1, 0.15) is 5.82 Å². The Kier molecular flexibility index (Phi) is 4.79. The van der Waals surface area contributed by atoms with Gasteiger partial charge in [-0.15, -0.1) is 0 Å². The molecule has 1 aromatic heterocycles. The van der Waals surface area contributed by atoms with Gasteiger partial charge in [0.05, 0.1) is 0 Å². The Morgan fingerprint density at radius 3 is 2.68 bits per heavy atom. The number of hydrogen-bond acceptors (Lipinski definition) is 3. The normalized spacial score (nSPS) is 18.0. The first-order valence-electron chi connectivity index (χ1n) is 8.90. The van der Waals surface area contributed by atoms with Crippen LogP contribution in [0.1, 0.15) is 60.4 Å². The molecule has 1 amide bonds. The van der Waals surface area contributed by atoms with E-state index in [1.807, 2.05) is 49.9 Å². The topological polar surface area (TPSA) is 60.1 Å². The molecule has 25 heavy (non-hydrogen) atoms. The van der Waals surface area contributed by atoms with Crippen LogP contribution in [0.4, 0.5) is 0 Å². The fourth-order valence-electron chi connectivity index (χ4n) is 3.62. The molecule has 3 rings (SSSR count). The number of piperidine rings is 1. The molecule has 1 saturated heterocycles. The molecule has 2 heterocycles. The van der Waals surface area contributed by atoms with Gasteiger partial charge in [-0.3, -0.25) is 9.36 Å². The number of amides is 1. The van der Waals surface area contributed by atoms with Gasteiger partial charge < -0.3 is 4.90 Å². The highest BCUT2D eigenvalue weighted by Gasteiger charge is 2.30. The maximum absolute atomic E-state index is 12.9. The summed E-state index contributed by atoms with van der Waals surface area (Å²) in [5.41, 5.74) is 1.66. The minimum absolute atomic E-state index is 0.0543. The summed E-state index contributed by atoms with van der Waals surface area (Å²) in [6.07, 6.45) is 1.87. The van der Waals surface area contributed by atoms with E-state index in [0.717, 1.165) is 36.3 Å². The molecule has 0 bridgehead atoms.